The van der Waals surface area contributed by atoms with E-state index < -0.39 is 16.8 Å². The van der Waals surface area contributed by atoms with Crippen LogP contribution in [0.1, 0.15) is 115 Å². The molecule has 0 aliphatic heterocycles. The third-order valence-corrected chi connectivity index (χ3v) is 17.2. The second kappa shape index (κ2) is 25.9. The first-order valence-corrected chi connectivity index (χ1v) is 30.7. The Bertz CT molecular complexity index is 3650. The number of unbranched alkanes of at least 4 members (excludes halogenated alkanes) is 12. The van der Waals surface area contributed by atoms with Crippen molar-refractivity contribution < 1.29 is 26.5 Å². The number of hydrogen-bond acceptors (Lipinski definition) is 6. The standard InChI is InChI=1S/C70H70O6P2/c1-3-5-7-9-11-13-15-25-51-35-43-57(44-36-51)71-77(72-58-45-37-52(38-46-58)26-16-14-12-10-8-6-4-2)73-63-47-39-53-27-17-21-31-59(53)67(63)68-60-32-22-18-28-54(60)40-48-64(68)74-78-75-65-49-41-55-29-19-23-33-61(55)69(65)70-62-34-24-20-30-56(62)42-50-66(70)76-78/h17-24,27-50H,3-16,25-26H2,1-2H3. The summed E-state index contributed by atoms with van der Waals surface area (Å²) >= 11 is 0. The summed E-state index contributed by atoms with van der Waals surface area (Å²) in [6.45, 7) is 4.55. The molecule has 0 unspecified atom stereocenters. The van der Waals surface area contributed by atoms with Crippen LogP contribution in [0.4, 0.5) is 0 Å². The summed E-state index contributed by atoms with van der Waals surface area (Å²) in [7, 11) is -4.13. The van der Waals surface area contributed by atoms with Crippen molar-refractivity contribution in [3.63, 3.8) is 0 Å². The molecule has 78 heavy (non-hydrogen) atoms. The minimum absolute atomic E-state index is 0.590. The summed E-state index contributed by atoms with van der Waals surface area (Å²) in [4.78, 5) is 0. The lowest BCUT2D eigenvalue weighted by Crippen LogP contribution is -2.04. The first-order valence-electron chi connectivity index (χ1n) is 28.5. The lowest BCUT2D eigenvalue weighted by molar-refractivity contribution is 0.388. The number of aryl methyl sites for hydroxylation is 2. The molecule has 0 bridgehead atoms. The van der Waals surface area contributed by atoms with Gasteiger partial charge in [0.1, 0.15) is 34.2 Å². The minimum Gasteiger partial charge on any atom is -0.409 e. The molecule has 0 N–H and O–H groups in total. The molecule has 11 aromatic rings. The Morgan fingerprint density at radius 3 is 1.18 bits per heavy atom. The predicted octanol–water partition coefficient (Wildman–Crippen LogP) is 22.8. The molecule has 6 nitrogen and oxygen atoms in total. The topological polar surface area (TPSA) is 63.2 Å². The zero-order chi connectivity index (χ0) is 52.9. The van der Waals surface area contributed by atoms with E-state index in [0.29, 0.717) is 34.2 Å². The molecule has 0 radical (unpaired) electrons. The molecule has 1 aromatic heterocycles. The van der Waals surface area contributed by atoms with Crippen molar-refractivity contribution in [3.05, 3.63) is 205 Å². The number of fused-ring (bicyclic) bond motifs is 9. The Balaban J connectivity index is 0.973. The van der Waals surface area contributed by atoms with Gasteiger partial charge in [0.2, 0.25) is 0 Å². The van der Waals surface area contributed by atoms with Crippen LogP contribution in [0.25, 0.3) is 76.2 Å². The summed E-state index contributed by atoms with van der Waals surface area (Å²) in [5.41, 5.74) is 5.69. The molecule has 0 saturated carbocycles. The largest absolute Gasteiger partial charge is 0.530 e. The van der Waals surface area contributed by atoms with E-state index in [1.807, 2.05) is 24.3 Å². The fraction of sp³-hybridized carbons (Fsp3) is 0.257. The van der Waals surface area contributed by atoms with E-state index in [0.717, 1.165) is 77.8 Å². The zero-order valence-corrected chi connectivity index (χ0v) is 46.9. The highest BCUT2D eigenvalue weighted by molar-refractivity contribution is 7.43. The maximum atomic E-state index is 7.21. The highest BCUT2D eigenvalue weighted by atomic mass is 31.2. The highest BCUT2D eigenvalue weighted by Crippen LogP contribution is 2.52. The smallest absolute Gasteiger partial charge is 0.409 e. The van der Waals surface area contributed by atoms with Crippen LogP contribution in [0, 0.1) is 0 Å². The van der Waals surface area contributed by atoms with Gasteiger partial charge in [0.05, 0.1) is 0 Å². The predicted molar refractivity (Wildman–Crippen MR) is 329 cm³/mol. The van der Waals surface area contributed by atoms with Gasteiger partial charge in [0.15, 0.2) is 0 Å². The van der Waals surface area contributed by atoms with Crippen LogP contribution in [0.15, 0.2) is 203 Å². The Morgan fingerprint density at radius 2 is 0.718 bits per heavy atom. The van der Waals surface area contributed by atoms with Crippen molar-refractivity contribution in [3.8, 4) is 34.1 Å². The zero-order valence-electron chi connectivity index (χ0n) is 45.1. The maximum Gasteiger partial charge on any atom is 0.530 e. The lowest BCUT2D eigenvalue weighted by Gasteiger charge is -2.22. The monoisotopic (exact) mass is 1070 g/mol. The van der Waals surface area contributed by atoms with Crippen molar-refractivity contribution in [1.82, 2.24) is 0 Å². The molecule has 0 aliphatic rings. The molecule has 396 valence electrons. The van der Waals surface area contributed by atoms with Gasteiger partial charge < -0.3 is 26.5 Å². The second-order valence-electron chi connectivity index (χ2n) is 20.7. The van der Waals surface area contributed by atoms with Crippen molar-refractivity contribution in [2.24, 2.45) is 0 Å². The van der Waals surface area contributed by atoms with E-state index in [1.165, 1.54) is 101 Å². The van der Waals surface area contributed by atoms with Crippen LogP contribution >= 0.6 is 16.8 Å². The average Bonchev–Trinajstić information content (AvgIpc) is 3.68. The summed E-state index contributed by atoms with van der Waals surface area (Å²) in [6.07, 6.45) is 20.1. The third-order valence-electron chi connectivity index (χ3n) is 15.1. The quantitative estimate of drug-likeness (QED) is 0.0420. The minimum atomic E-state index is -2.07. The molecule has 0 amide bonds. The SMILES string of the molecule is CCCCCCCCCc1ccc(OP(Oc2ccc(CCCCCCCCC)cc2)Oc2ccc3ccccc3c2-c2c(Op3oc4ccc5ccccc5c4c4c(ccc5ccccc54)o3)ccc3ccccc23)cc1. The molecular weight excluding hydrogens is 999 g/mol. The van der Waals surface area contributed by atoms with Gasteiger partial charge in [-0.3, -0.25) is 0 Å². The summed E-state index contributed by atoms with van der Waals surface area (Å²) in [5.74, 6) is 2.55. The van der Waals surface area contributed by atoms with E-state index in [9.17, 15) is 0 Å². The Kier molecular flexibility index (Phi) is 17.6. The van der Waals surface area contributed by atoms with E-state index in [4.69, 9.17) is 26.5 Å². The summed E-state index contributed by atoms with van der Waals surface area (Å²) < 4.78 is 42.1. The number of rotatable bonds is 25. The maximum absolute atomic E-state index is 7.21. The number of benzene rings is 10. The first kappa shape index (κ1) is 52.8. The van der Waals surface area contributed by atoms with Crippen molar-refractivity contribution >= 4 is 81.9 Å². The molecule has 0 aliphatic carbocycles. The highest BCUT2D eigenvalue weighted by Gasteiger charge is 2.27. The van der Waals surface area contributed by atoms with Crippen molar-refractivity contribution in [2.45, 2.75) is 117 Å². The third kappa shape index (κ3) is 12.5. The van der Waals surface area contributed by atoms with Crippen LogP contribution in [-0.2, 0) is 12.8 Å². The molecule has 11 rings (SSSR count). The van der Waals surface area contributed by atoms with Gasteiger partial charge in [-0.05, 0) is 128 Å². The van der Waals surface area contributed by atoms with Gasteiger partial charge in [0, 0.05) is 21.9 Å². The summed E-state index contributed by atoms with van der Waals surface area (Å²) in [5, 5.41) is 10.4. The van der Waals surface area contributed by atoms with Gasteiger partial charge in [0.25, 0.3) is 0 Å². The Labute approximate surface area is 462 Å². The molecule has 0 saturated heterocycles. The Hall–Kier alpha value is -7.23. The van der Waals surface area contributed by atoms with E-state index in [1.54, 1.807) is 0 Å². The normalized spacial score (nSPS) is 11.6. The van der Waals surface area contributed by atoms with Crippen LogP contribution in [0.5, 0.6) is 23.0 Å². The molecule has 0 spiro atoms. The fourth-order valence-electron chi connectivity index (χ4n) is 11.0. The average molecular weight is 1070 g/mol. The van der Waals surface area contributed by atoms with Gasteiger partial charge in [-0.1, -0.05) is 236 Å². The molecule has 1 heterocycles. The van der Waals surface area contributed by atoms with E-state index in [2.05, 4.69) is 184 Å². The Morgan fingerprint density at radius 1 is 0.346 bits per heavy atom. The molecular formula is C70H70O6P2. The van der Waals surface area contributed by atoms with Crippen LogP contribution in [-0.4, -0.2) is 0 Å². The molecule has 0 atom stereocenters. The van der Waals surface area contributed by atoms with E-state index >= 15 is 0 Å². The van der Waals surface area contributed by atoms with Crippen LogP contribution < -0.4 is 18.1 Å². The first-order chi connectivity index (χ1) is 38.6. The van der Waals surface area contributed by atoms with Gasteiger partial charge in [-0.2, -0.15) is 0 Å². The fourth-order valence-corrected chi connectivity index (χ4v) is 13.0. The number of hydrogen-bond donors (Lipinski definition) is 0. The van der Waals surface area contributed by atoms with Gasteiger partial charge in [-0.15, -0.1) is 0 Å². The second-order valence-corrected chi connectivity index (χ2v) is 22.7. The van der Waals surface area contributed by atoms with Crippen LogP contribution in [0.3, 0.4) is 0 Å². The van der Waals surface area contributed by atoms with Gasteiger partial charge in [-0.25, -0.2) is 0 Å². The lowest BCUT2D eigenvalue weighted by atomic mass is 9.92. The molecule has 10 aromatic carbocycles. The summed E-state index contributed by atoms with van der Waals surface area (Å²) in [6, 6.07) is 67.3. The molecule has 0 fully saturated rings. The molecule has 8 heteroatoms. The van der Waals surface area contributed by atoms with Gasteiger partial charge >= 0.3 is 16.8 Å². The van der Waals surface area contributed by atoms with Crippen molar-refractivity contribution in [2.75, 3.05) is 0 Å². The van der Waals surface area contributed by atoms with E-state index in [-0.39, 0.29) is 0 Å². The van der Waals surface area contributed by atoms with Crippen LogP contribution in [0.2, 0.25) is 0 Å². The van der Waals surface area contributed by atoms with Crippen molar-refractivity contribution in [1.29, 1.82) is 0 Å².